The average Bonchev–Trinajstić information content (AvgIpc) is 3.54. The van der Waals surface area contributed by atoms with E-state index in [9.17, 15) is 0 Å². The molecule has 0 bridgehead atoms. The van der Waals surface area contributed by atoms with E-state index in [4.69, 9.17) is 25.8 Å². The summed E-state index contributed by atoms with van der Waals surface area (Å²) in [5.74, 6) is 2.59. The van der Waals surface area contributed by atoms with E-state index >= 15 is 0 Å². The van der Waals surface area contributed by atoms with Gasteiger partial charge in [-0.05, 0) is 48.2 Å². The second-order valence-corrected chi connectivity index (χ2v) is 7.54. The van der Waals surface area contributed by atoms with E-state index in [0.717, 1.165) is 35.9 Å². The Kier molecular flexibility index (Phi) is 8.91. The monoisotopic (exact) mass is 545 g/mol. The van der Waals surface area contributed by atoms with E-state index in [1.165, 1.54) is 5.56 Å². The maximum absolute atomic E-state index is 6.02. The van der Waals surface area contributed by atoms with Gasteiger partial charge in [0.2, 0.25) is 5.75 Å². The maximum Gasteiger partial charge on any atom is 0.203 e. The predicted octanol–water partition coefficient (Wildman–Crippen LogP) is 4.38. The summed E-state index contributed by atoms with van der Waals surface area (Å²) >= 11 is 6.02. The fraction of sp³-hybridized carbons (Fsp3) is 0.409. The fourth-order valence-corrected chi connectivity index (χ4v) is 3.54. The van der Waals surface area contributed by atoms with Gasteiger partial charge in [0.1, 0.15) is 0 Å². The van der Waals surface area contributed by atoms with Crippen molar-refractivity contribution in [3.05, 3.63) is 52.5 Å². The molecular formula is C22H29ClIN3O3. The molecule has 164 valence electrons. The van der Waals surface area contributed by atoms with Crippen molar-refractivity contribution in [2.45, 2.75) is 24.8 Å². The lowest BCUT2D eigenvalue weighted by atomic mass is 9.96. The van der Waals surface area contributed by atoms with Gasteiger partial charge in [-0.25, -0.2) is 0 Å². The Labute approximate surface area is 200 Å². The first kappa shape index (κ1) is 24.4. The molecule has 2 aromatic carbocycles. The standard InChI is InChI=1S/C22H28ClN3O3.HI/c1-24-21(26-14-22(9-10-22)16-5-7-17(23)8-6-16)25-13-15-11-18(27-2)20(29-4)19(12-15)28-3;/h5-8,11-12H,9-10,13-14H2,1-4H3,(H2,24,25,26);1H. The van der Waals surface area contributed by atoms with Crippen LogP contribution in [-0.4, -0.2) is 40.9 Å². The highest BCUT2D eigenvalue weighted by molar-refractivity contribution is 14.0. The molecule has 0 aliphatic heterocycles. The third kappa shape index (κ3) is 5.63. The summed E-state index contributed by atoms with van der Waals surface area (Å²) < 4.78 is 16.2. The summed E-state index contributed by atoms with van der Waals surface area (Å²) in [7, 11) is 6.59. The van der Waals surface area contributed by atoms with Gasteiger partial charge in [-0.1, -0.05) is 23.7 Å². The first-order valence-corrected chi connectivity index (χ1v) is 9.92. The highest BCUT2D eigenvalue weighted by Gasteiger charge is 2.44. The molecule has 0 saturated heterocycles. The van der Waals surface area contributed by atoms with Crippen molar-refractivity contribution in [1.29, 1.82) is 0 Å². The zero-order valence-corrected chi connectivity index (χ0v) is 20.8. The van der Waals surface area contributed by atoms with Gasteiger partial charge in [0, 0.05) is 30.6 Å². The number of methoxy groups -OCH3 is 3. The van der Waals surface area contributed by atoms with Gasteiger partial charge >= 0.3 is 0 Å². The molecule has 0 atom stereocenters. The van der Waals surface area contributed by atoms with Gasteiger partial charge in [-0.15, -0.1) is 24.0 Å². The van der Waals surface area contributed by atoms with Crippen molar-refractivity contribution in [3.8, 4) is 17.2 Å². The molecular weight excluding hydrogens is 517 g/mol. The van der Waals surface area contributed by atoms with Crippen molar-refractivity contribution in [2.75, 3.05) is 34.9 Å². The molecule has 6 nitrogen and oxygen atoms in total. The minimum atomic E-state index is 0. The smallest absolute Gasteiger partial charge is 0.203 e. The number of benzene rings is 2. The number of aliphatic imine (C=N–C) groups is 1. The molecule has 2 N–H and O–H groups in total. The number of ether oxygens (including phenoxy) is 3. The average molecular weight is 546 g/mol. The van der Waals surface area contributed by atoms with E-state index in [1.807, 2.05) is 24.3 Å². The highest BCUT2D eigenvalue weighted by atomic mass is 127. The number of nitrogens with one attached hydrogen (secondary N) is 2. The number of hydrogen-bond acceptors (Lipinski definition) is 4. The van der Waals surface area contributed by atoms with Crippen LogP contribution in [-0.2, 0) is 12.0 Å². The topological polar surface area (TPSA) is 64.1 Å². The first-order chi connectivity index (χ1) is 14.0. The third-order valence-corrected chi connectivity index (χ3v) is 5.56. The zero-order chi connectivity index (χ0) is 20.9. The Bertz CT molecular complexity index is 845. The summed E-state index contributed by atoms with van der Waals surface area (Å²) in [6.45, 7) is 1.40. The lowest BCUT2D eigenvalue weighted by Gasteiger charge is -2.20. The van der Waals surface area contributed by atoms with E-state index < -0.39 is 0 Å². The molecule has 1 aliphatic carbocycles. The summed E-state index contributed by atoms with van der Waals surface area (Å²) in [6, 6.07) is 12.0. The van der Waals surface area contributed by atoms with E-state index in [-0.39, 0.29) is 29.4 Å². The minimum absolute atomic E-state index is 0. The molecule has 8 heteroatoms. The molecule has 0 heterocycles. The first-order valence-electron chi connectivity index (χ1n) is 9.54. The van der Waals surface area contributed by atoms with Gasteiger partial charge in [0.05, 0.1) is 21.3 Å². The minimum Gasteiger partial charge on any atom is -0.493 e. The molecule has 0 spiro atoms. The Morgan fingerprint density at radius 1 is 1.00 bits per heavy atom. The largest absolute Gasteiger partial charge is 0.493 e. The molecule has 1 fully saturated rings. The van der Waals surface area contributed by atoms with Crippen LogP contribution in [0.1, 0.15) is 24.0 Å². The van der Waals surface area contributed by atoms with E-state index in [0.29, 0.717) is 23.8 Å². The number of halogens is 2. The van der Waals surface area contributed by atoms with Gasteiger partial charge in [-0.2, -0.15) is 0 Å². The van der Waals surface area contributed by atoms with Crippen LogP contribution in [0, 0.1) is 0 Å². The molecule has 3 rings (SSSR count). The van der Waals surface area contributed by atoms with Crippen molar-refractivity contribution >= 4 is 41.5 Å². The van der Waals surface area contributed by atoms with E-state index in [2.05, 4.69) is 27.8 Å². The summed E-state index contributed by atoms with van der Waals surface area (Å²) in [4.78, 5) is 4.35. The second-order valence-electron chi connectivity index (χ2n) is 7.10. The van der Waals surface area contributed by atoms with Crippen molar-refractivity contribution in [2.24, 2.45) is 4.99 Å². The summed E-state index contributed by atoms with van der Waals surface area (Å²) in [6.07, 6.45) is 2.32. The molecule has 0 unspecified atom stereocenters. The molecule has 30 heavy (non-hydrogen) atoms. The number of nitrogens with zero attached hydrogens (tertiary/aromatic N) is 1. The quantitative estimate of drug-likeness (QED) is 0.293. The van der Waals surface area contributed by atoms with Gasteiger partial charge in [0.25, 0.3) is 0 Å². The highest BCUT2D eigenvalue weighted by Crippen LogP contribution is 2.47. The molecule has 0 aromatic heterocycles. The van der Waals surface area contributed by atoms with Crippen LogP contribution in [0.4, 0.5) is 0 Å². The fourth-order valence-electron chi connectivity index (χ4n) is 3.42. The maximum atomic E-state index is 6.02. The van der Waals surface area contributed by atoms with Crippen LogP contribution >= 0.6 is 35.6 Å². The van der Waals surface area contributed by atoms with Gasteiger partial charge in [-0.3, -0.25) is 4.99 Å². The van der Waals surface area contributed by atoms with Gasteiger partial charge < -0.3 is 24.8 Å². The Morgan fingerprint density at radius 2 is 1.60 bits per heavy atom. The van der Waals surface area contributed by atoms with Crippen LogP contribution in [0.15, 0.2) is 41.4 Å². The van der Waals surface area contributed by atoms with Crippen LogP contribution in [0.2, 0.25) is 5.02 Å². The summed E-state index contributed by atoms with van der Waals surface area (Å²) in [5.41, 5.74) is 2.48. The second kappa shape index (κ2) is 10.9. The lowest BCUT2D eigenvalue weighted by molar-refractivity contribution is 0.323. The van der Waals surface area contributed by atoms with Crippen LogP contribution in [0.5, 0.6) is 17.2 Å². The molecule has 0 amide bonds. The van der Waals surface area contributed by atoms with Crippen LogP contribution in [0.25, 0.3) is 0 Å². The SMILES string of the molecule is CN=C(NCc1cc(OC)c(OC)c(OC)c1)NCC1(c2ccc(Cl)cc2)CC1.I. The van der Waals surface area contributed by atoms with Crippen molar-refractivity contribution in [3.63, 3.8) is 0 Å². The van der Waals surface area contributed by atoms with Crippen molar-refractivity contribution < 1.29 is 14.2 Å². The summed E-state index contributed by atoms with van der Waals surface area (Å²) in [5, 5.41) is 7.57. The van der Waals surface area contributed by atoms with Crippen LogP contribution in [0.3, 0.4) is 0 Å². The van der Waals surface area contributed by atoms with Crippen LogP contribution < -0.4 is 24.8 Å². The number of guanidine groups is 1. The zero-order valence-electron chi connectivity index (χ0n) is 17.8. The molecule has 1 saturated carbocycles. The third-order valence-electron chi connectivity index (χ3n) is 5.31. The number of hydrogen-bond donors (Lipinski definition) is 2. The van der Waals surface area contributed by atoms with Gasteiger partial charge in [0.15, 0.2) is 17.5 Å². The Hall–Kier alpha value is -1.87. The van der Waals surface area contributed by atoms with Crippen molar-refractivity contribution in [1.82, 2.24) is 10.6 Å². The number of rotatable bonds is 8. The molecule has 1 aliphatic rings. The Balaban J connectivity index is 0.00000320. The molecule has 0 radical (unpaired) electrons. The predicted molar refractivity (Wildman–Crippen MR) is 132 cm³/mol. The normalized spacial score (nSPS) is 14.4. The Morgan fingerprint density at radius 3 is 2.07 bits per heavy atom. The van der Waals surface area contributed by atoms with E-state index in [1.54, 1.807) is 28.4 Å². The molecule has 2 aromatic rings. The lowest BCUT2D eigenvalue weighted by Crippen LogP contribution is -2.40.